The van der Waals surface area contributed by atoms with E-state index >= 15 is 0 Å². The SMILES string of the molecule is CC1(C)CC2C[C@@H](C1)N(c1cc(N3CCOCC3)nc3c(-c4ccn[nH]4)nccc13)C2. The third-order valence-electron chi connectivity index (χ3n) is 7.22. The first-order valence-corrected chi connectivity index (χ1v) is 11.5. The monoisotopic (exact) mass is 418 g/mol. The maximum absolute atomic E-state index is 5.60. The average molecular weight is 419 g/mol. The van der Waals surface area contributed by atoms with Crippen LogP contribution in [0.15, 0.2) is 30.6 Å². The van der Waals surface area contributed by atoms with Crippen molar-refractivity contribution in [1.82, 2.24) is 20.2 Å². The van der Waals surface area contributed by atoms with E-state index in [0.29, 0.717) is 11.5 Å². The van der Waals surface area contributed by atoms with Crippen molar-refractivity contribution < 1.29 is 4.74 Å². The number of anilines is 2. The molecule has 31 heavy (non-hydrogen) atoms. The standard InChI is InChI=1S/C24H30N6O/c1-24(2)13-16-11-17(14-24)30(15-16)20-12-21(29-7-9-31-10-8-29)27-22-18(20)3-5-25-23(22)19-4-6-26-28-19/h3-6,12,16-17H,7-11,13-15H2,1-2H3,(H,26,28)/t16?,17-/m0/s1. The Balaban J connectivity index is 1.52. The zero-order chi connectivity index (χ0) is 21.0. The molecule has 2 saturated heterocycles. The maximum Gasteiger partial charge on any atom is 0.131 e. The number of ether oxygens (including phenoxy) is 1. The molecule has 5 heterocycles. The van der Waals surface area contributed by atoms with E-state index in [1.54, 1.807) is 6.20 Å². The van der Waals surface area contributed by atoms with Gasteiger partial charge in [0.15, 0.2) is 0 Å². The van der Waals surface area contributed by atoms with E-state index in [9.17, 15) is 0 Å². The van der Waals surface area contributed by atoms with Crippen molar-refractivity contribution in [2.24, 2.45) is 11.3 Å². The highest BCUT2D eigenvalue weighted by atomic mass is 16.5. The van der Waals surface area contributed by atoms with Gasteiger partial charge in [0.25, 0.3) is 0 Å². The Bertz CT molecular complexity index is 1090. The molecule has 1 N–H and O–H groups in total. The zero-order valence-corrected chi connectivity index (χ0v) is 18.3. The molecule has 0 radical (unpaired) electrons. The first-order valence-electron chi connectivity index (χ1n) is 11.5. The number of aromatic amines is 1. The second kappa shape index (κ2) is 7.19. The summed E-state index contributed by atoms with van der Waals surface area (Å²) in [6.45, 7) is 9.24. The van der Waals surface area contributed by atoms with E-state index in [4.69, 9.17) is 14.7 Å². The molecule has 2 aliphatic heterocycles. The number of fused-ring (bicyclic) bond motifs is 3. The van der Waals surface area contributed by atoms with Crippen molar-refractivity contribution in [3.8, 4) is 11.4 Å². The van der Waals surface area contributed by atoms with Crippen molar-refractivity contribution >= 4 is 22.4 Å². The Morgan fingerprint density at radius 3 is 2.81 bits per heavy atom. The minimum absolute atomic E-state index is 0.417. The quantitative estimate of drug-likeness (QED) is 0.696. The van der Waals surface area contributed by atoms with Gasteiger partial charge in [-0.2, -0.15) is 5.10 Å². The van der Waals surface area contributed by atoms with Crippen LogP contribution in [0.3, 0.4) is 0 Å². The van der Waals surface area contributed by atoms with Crippen LogP contribution in [0.4, 0.5) is 11.5 Å². The van der Waals surface area contributed by atoms with Gasteiger partial charge >= 0.3 is 0 Å². The summed E-state index contributed by atoms with van der Waals surface area (Å²) >= 11 is 0. The van der Waals surface area contributed by atoms with Gasteiger partial charge in [-0.05, 0) is 42.7 Å². The highest BCUT2D eigenvalue weighted by molar-refractivity contribution is 6.00. The highest BCUT2D eigenvalue weighted by Gasteiger charge is 2.43. The minimum atomic E-state index is 0.417. The van der Waals surface area contributed by atoms with Gasteiger partial charge < -0.3 is 14.5 Å². The maximum atomic E-state index is 5.60. The summed E-state index contributed by atoms with van der Waals surface area (Å²) in [5, 5.41) is 8.41. The van der Waals surface area contributed by atoms with Gasteiger partial charge in [0, 0.05) is 49.5 Å². The van der Waals surface area contributed by atoms with E-state index in [-0.39, 0.29) is 0 Å². The van der Waals surface area contributed by atoms with Gasteiger partial charge in [-0.3, -0.25) is 10.1 Å². The van der Waals surface area contributed by atoms with Crippen LogP contribution >= 0.6 is 0 Å². The number of H-pyrrole nitrogens is 1. The topological polar surface area (TPSA) is 70.2 Å². The van der Waals surface area contributed by atoms with Gasteiger partial charge in [-0.15, -0.1) is 0 Å². The number of nitrogens with zero attached hydrogens (tertiary/aromatic N) is 5. The number of aromatic nitrogens is 4. The molecule has 1 unspecified atom stereocenters. The summed E-state index contributed by atoms with van der Waals surface area (Å²) in [5.74, 6) is 1.80. The molecule has 1 aliphatic carbocycles. The number of rotatable bonds is 3. The summed E-state index contributed by atoms with van der Waals surface area (Å²) in [5.41, 5.74) is 4.45. The Morgan fingerprint density at radius 2 is 2.00 bits per heavy atom. The molecule has 1 saturated carbocycles. The molecular weight excluding hydrogens is 388 g/mol. The molecule has 3 aliphatic rings. The number of nitrogens with one attached hydrogen (secondary N) is 1. The van der Waals surface area contributed by atoms with Crippen LogP contribution in [0.1, 0.15) is 33.1 Å². The average Bonchev–Trinajstić information content (AvgIpc) is 3.40. The Hall–Kier alpha value is -2.67. The molecule has 7 heteroatoms. The zero-order valence-electron chi connectivity index (χ0n) is 18.3. The summed E-state index contributed by atoms with van der Waals surface area (Å²) in [6, 6.07) is 7.02. The first-order chi connectivity index (χ1) is 15.1. The molecule has 0 spiro atoms. The van der Waals surface area contributed by atoms with Gasteiger partial charge in [0.2, 0.25) is 0 Å². The van der Waals surface area contributed by atoms with Crippen LogP contribution < -0.4 is 9.80 Å². The van der Waals surface area contributed by atoms with Crippen LogP contribution in [-0.4, -0.2) is 59.1 Å². The van der Waals surface area contributed by atoms with Crippen LogP contribution in [-0.2, 0) is 4.74 Å². The fraction of sp³-hybridized carbons (Fsp3) is 0.542. The second-order valence-corrected chi connectivity index (χ2v) is 10.1. The largest absolute Gasteiger partial charge is 0.378 e. The molecule has 0 aromatic carbocycles. The smallest absolute Gasteiger partial charge is 0.131 e. The number of morpholine rings is 1. The van der Waals surface area contributed by atoms with E-state index < -0.39 is 0 Å². The summed E-state index contributed by atoms with van der Waals surface area (Å²) in [6.07, 6.45) is 7.55. The Kier molecular flexibility index (Phi) is 4.42. The Labute approximate surface area is 182 Å². The Morgan fingerprint density at radius 1 is 1.13 bits per heavy atom. The van der Waals surface area contributed by atoms with E-state index in [1.165, 1.54) is 30.3 Å². The highest BCUT2D eigenvalue weighted by Crippen LogP contribution is 2.48. The van der Waals surface area contributed by atoms with E-state index in [1.807, 2.05) is 12.3 Å². The fourth-order valence-corrected chi connectivity index (χ4v) is 6.05. The lowest BCUT2D eigenvalue weighted by atomic mass is 9.72. The van der Waals surface area contributed by atoms with E-state index in [2.05, 4.69) is 46.0 Å². The van der Waals surface area contributed by atoms with Crippen molar-refractivity contribution in [3.63, 3.8) is 0 Å². The predicted octanol–water partition coefficient (Wildman–Crippen LogP) is 3.87. The summed E-state index contributed by atoms with van der Waals surface area (Å²) in [7, 11) is 0. The molecule has 162 valence electrons. The summed E-state index contributed by atoms with van der Waals surface area (Å²) in [4.78, 5) is 14.9. The lowest BCUT2D eigenvalue weighted by Crippen LogP contribution is -2.37. The number of hydrogen-bond acceptors (Lipinski definition) is 6. The third-order valence-corrected chi connectivity index (χ3v) is 7.22. The second-order valence-electron chi connectivity index (χ2n) is 10.1. The lowest BCUT2D eigenvalue weighted by Gasteiger charge is -2.36. The molecular formula is C24H30N6O. The molecule has 2 bridgehead atoms. The van der Waals surface area contributed by atoms with Gasteiger partial charge in [-0.1, -0.05) is 13.8 Å². The molecule has 3 aromatic rings. The third kappa shape index (κ3) is 3.35. The molecule has 6 rings (SSSR count). The van der Waals surface area contributed by atoms with Gasteiger partial charge in [0.05, 0.1) is 24.6 Å². The number of pyridine rings is 2. The summed E-state index contributed by atoms with van der Waals surface area (Å²) < 4.78 is 5.60. The fourth-order valence-electron chi connectivity index (χ4n) is 6.05. The molecule has 0 amide bonds. The van der Waals surface area contributed by atoms with Crippen molar-refractivity contribution in [2.45, 2.75) is 39.2 Å². The molecule has 3 aromatic heterocycles. The predicted molar refractivity (Wildman–Crippen MR) is 122 cm³/mol. The van der Waals surface area contributed by atoms with Gasteiger partial charge in [0.1, 0.15) is 17.0 Å². The van der Waals surface area contributed by atoms with Crippen LogP contribution in [0.2, 0.25) is 0 Å². The molecule has 3 fully saturated rings. The first kappa shape index (κ1) is 19.0. The van der Waals surface area contributed by atoms with Crippen molar-refractivity contribution in [3.05, 3.63) is 30.6 Å². The van der Waals surface area contributed by atoms with Crippen molar-refractivity contribution in [2.75, 3.05) is 42.6 Å². The normalized spacial score (nSPS) is 25.4. The lowest BCUT2D eigenvalue weighted by molar-refractivity contribution is 0.122. The minimum Gasteiger partial charge on any atom is -0.378 e. The molecule has 2 atom stereocenters. The van der Waals surface area contributed by atoms with Crippen molar-refractivity contribution in [1.29, 1.82) is 0 Å². The van der Waals surface area contributed by atoms with Gasteiger partial charge in [-0.25, -0.2) is 4.98 Å². The van der Waals surface area contributed by atoms with E-state index in [0.717, 1.165) is 61.5 Å². The molecule has 7 nitrogen and oxygen atoms in total. The van der Waals surface area contributed by atoms with Crippen LogP contribution in [0, 0.1) is 11.3 Å². The van der Waals surface area contributed by atoms with Crippen LogP contribution in [0.5, 0.6) is 0 Å². The van der Waals surface area contributed by atoms with Crippen LogP contribution in [0.25, 0.3) is 22.3 Å². The number of hydrogen-bond donors (Lipinski definition) is 1.